The average molecular weight is 245 g/mol. The van der Waals surface area contributed by atoms with Crippen molar-refractivity contribution in [1.82, 2.24) is 0 Å². The molecule has 58 valence electrons. The predicted octanol–water partition coefficient (Wildman–Crippen LogP) is 2.52. The van der Waals surface area contributed by atoms with Gasteiger partial charge in [0, 0.05) is 0 Å². The van der Waals surface area contributed by atoms with Gasteiger partial charge in [0.1, 0.15) is 0 Å². The van der Waals surface area contributed by atoms with Crippen molar-refractivity contribution in [3.63, 3.8) is 0 Å². The minimum absolute atomic E-state index is 0.655. The van der Waals surface area contributed by atoms with Gasteiger partial charge in [-0.25, -0.2) is 0 Å². The minimum atomic E-state index is 0.655. The molecule has 0 aromatic rings. The van der Waals surface area contributed by atoms with E-state index >= 15 is 0 Å². The molecule has 0 aliphatic heterocycles. The summed E-state index contributed by atoms with van der Waals surface area (Å²) in [5.74, 6) is 0.990. The molecule has 2 atom stereocenters. The van der Waals surface area contributed by atoms with Crippen molar-refractivity contribution >= 4 is 22.5 Å². The Balaban J connectivity index is 2.51. The van der Waals surface area contributed by atoms with Crippen LogP contribution in [0.15, 0.2) is 0 Å². The molecule has 1 aliphatic carbocycles. The van der Waals surface area contributed by atoms with Gasteiger partial charge in [-0.2, -0.15) is 0 Å². The zero-order valence-electron chi connectivity index (χ0n) is 7.35. The van der Waals surface area contributed by atoms with E-state index in [1.165, 1.54) is 41.8 Å². The first-order valence-corrected chi connectivity index (χ1v) is 6.15. The molecule has 0 heterocycles. The van der Waals surface area contributed by atoms with Crippen LogP contribution in [-0.4, -0.2) is 22.5 Å². The number of hydrogen-bond acceptors (Lipinski definition) is 0. The third-order valence-electron chi connectivity index (χ3n) is 2.42. The molecule has 0 aromatic carbocycles. The van der Waals surface area contributed by atoms with E-state index in [9.17, 15) is 0 Å². The molecule has 0 spiro atoms. The average Bonchev–Trinajstić information content (AvgIpc) is 1.54. The summed E-state index contributed by atoms with van der Waals surface area (Å²) in [6, 6.07) is 0. The van der Waals surface area contributed by atoms with Gasteiger partial charge in [-0.1, -0.05) is 0 Å². The molecule has 0 amide bonds. The molecule has 2 radical (unpaired) electrons. The first-order chi connectivity index (χ1) is 4.49. The topological polar surface area (TPSA) is 0 Å². The maximum absolute atomic E-state index is 2.42. The van der Waals surface area contributed by atoms with Gasteiger partial charge in [0.15, 0.2) is 0 Å². The molecule has 1 fully saturated rings. The molecule has 1 aliphatic rings. The van der Waals surface area contributed by atoms with E-state index in [1.807, 2.05) is 0 Å². The van der Waals surface area contributed by atoms with Crippen molar-refractivity contribution in [2.75, 3.05) is 0 Å². The molecule has 1 saturated carbocycles. The van der Waals surface area contributed by atoms with Crippen LogP contribution in [0.2, 0.25) is 3.93 Å². The Morgan fingerprint density at radius 3 is 2.30 bits per heavy atom. The van der Waals surface area contributed by atoms with E-state index in [-0.39, 0.29) is 0 Å². The summed E-state index contributed by atoms with van der Waals surface area (Å²) in [7, 11) is 0. The monoisotopic (exact) mass is 246 g/mol. The molecule has 1 rings (SSSR count). The summed E-state index contributed by atoms with van der Waals surface area (Å²) in [6.07, 6.45) is 4.44. The van der Waals surface area contributed by atoms with Crippen molar-refractivity contribution in [3.05, 3.63) is 0 Å². The Kier molecular flexibility index (Phi) is 2.70. The summed E-state index contributed by atoms with van der Waals surface area (Å²) in [6.45, 7) is 7.25. The number of rotatable bonds is 0. The standard InChI is InChI=1S/C9H17.Sn.H/c1-8-5-4-6-9(2,3)7-8;;/h4,8H,5-7H2,1-3H3;;. The Labute approximate surface area is 77.9 Å². The summed E-state index contributed by atoms with van der Waals surface area (Å²) >= 11 is 1.47. The first-order valence-electron chi connectivity index (χ1n) is 4.25. The molecular formula is C9H18Sn. The summed E-state index contributed by atoms with van der Waals surface area (Å²) in [4.78, 5) is 0. The normalized spacial score (nSPS) is 39.6. The molecule has 0 bridgehead atoms. The van der Waals surface area contributed by atoms with Crippen LogP contribution in [-0.2, 0) is 0 Å². The van der Waals surface area contributed by atoms with Gasteiger partial charge in [0.05, 0.1) is 0 Å². The summed E-state index contributed by atoms with van der Waals surface area (Å²) < 4.78 is 1.09. The van der Waals surface area contributed by atoms with Crippen LogP contribution in [0, 0.1) is 11.3 Å². The maximum atomic E-state index is 2.42. The molecule has 1 heteroatoms. The second-order valence-corrected chi connectivity index (χ2v) is 7.36. The zero-order chi connectivity index (χ0) is 7.78. The molecular weight excluding hydrogens is 227 g/mol. The van der Waals surface area contributed by atoms with Crippen LogP contribution in [0.1, 0.15) is 40.0 Å². The van der Waals surface area contributed by atoms with Crippen molar-refractivity contribution < 1.29 is 0 Å². The molecule has 0 nitrogen and oxygen atoms in total. The van der Waals surface area contributed by atoms with E-state index < -0.39 is 0 Å². The quantitative estimate of drug-likeness (QED) is 0.575. The van der Waals surface area contributed by atoms with Gasteiger partial charge >= 0.3 is 77.8 Å². The second-order valence-electron chi connectivity index (χ2n) is 4.67. The Bertz CT molecular complexity index is 106. The Hall–Kier alpha value is 0.799. The molecule has 0 saturated heterocycles. The van der Waals surface area contributed by atoms with Crippen LogP contribution in [0.4, 0.5) is 0 Å². The number of hydrogen-bond donors (Lipinski definition) is 0. The fourth-order valence-electron chi connectivity index (χ4n) is 2.42. The van der Waals surface area contributed by atoms with Gasteiger partial charge in [0.2, 0.25) is 0 Å². The second kappa shape index (κ2) is 3.04. The van der Waals surface area contributed by atoms with Crippen molar-refractivity contribution in [2.24, 2.45) is 11.3 Å². The van der Waals surface area contributed by atoms with Crippen molar-refractivity contribution in [3.8, 4) is 0 Å². The van der Waals surface area contributed by atoms with Crippen LogP contribution < -0.4 is 0 Å². The Morgan fingerprint density at radius 2 is 1.90 bits per heavy atom. The molecule has 10 heavy (non-hydrogen) atoms. The van der Waals surface area contributed by atoms with E-state index in [1.54, 1.807) is 0 Å². The van der Waals surface area contributed by atoms with E-state index in [4.69, 9.17) is 0 Å². The van der Waals surface area contributed by atoms with Gasteiger partial charge in [-0.05, 0) is 0 Å². The third-order valence-corrected chi connectivity index (χ3v) is 3.87. The van der Waals surface area contributed by atoms with Crippen LogP contribution in [0.5, 0.6) is 0 Å². The van der Waals surface area contributed by atoms with Crippen LogP contribution in [0.25, 0.3) is 0 Å². The van der Waals surface area contributed by atoms with Crippen molar-refractivity contribution in [2.45, 2.75) is 44.0 Å². The molecule has 2 unspecified atom stereocenters. The Morgan fingerprint density at radius 1 is 1.30 bits per heavy atom. The summed E-state index contributed by atoms with van der Waals surface area (Å²) in [5.41, 5.74) is 0.655. The molecule has 0 N–H and O–H groups in total. The SMILES string of the molecule is CC1C[CH]([SnH])CC(C)(C)C1. The zero-order valence-corrected chi connectivity index (χ0v) is 10.6. The van der Waals surface area contributed by atoms with Crippen LogP contribution in [0.3, 0.4) is 0 Å². The van der Waals surface area contributed by atoms with Gasteiger partial charge < -0.3 is 0 Å². The third kappa shape index (κ3) is 2.44. The first kappa shape index (κ1) is 8.89. The predicted molar refractivity (Wildman–Crippen MR) is 47.7 cm³/mol. The fraction of sp³-hybridized carbons (Fsp3) is 1.00. The van der Waals surface area contributed by atoms with Gasteiger partial charge in [0.25, 0.3) is 0 Å². The van der Waals surface area contributed by atoms with Gasteiger partial charge in [-0.3, -0.25) is 0 Å². The van der Waals surface area contributed by atoms with E-state index in [2.05, 4.69) is 20.8 Å². The van der Waals surface area contributed by atoms with E-state index in [0.717, 1.165) is 9.85 Å². The van der Waals surface area contributed by atoms with E-state index in [0.29, 0.717) is 5.41 Å². The van der Waals surface area contributed by atoms with Gasteiger partial charge in [-0.15, -0.1) is 0 Å². The van der Waals surface area contributed by atoms with Crippen molar-refractivity contribution in [1.29, 1.82) is 0 Å². The summed E-state index contributed by atoms with van der Waals surface area (Å²) in [5, 5.41) is 0. The fourth-order valence-corrected chi connectivity index (χ4v) is 5.57. The van der Waals surface area contributed by atoms with Crippen LogP contribution >= 0.6 is 0 Å². The molecule has 0 aromatic heterocycles.